The largest absolute Gasteiger partial charge is 0.343 e. The molecule has 1 aliphatic rings. The van der Waals surface area contributed by atoms with E-state index in [2.05, 4.69) is 25.4 Å². The minimum absolute atomic E-state index is 0.224. The molecule has 0 unspecified atom stereocenters. The molecule has 2 heterocycles. The van der Waals surface area contributed by atoms with E-state index in [9.17, 15) is 4.79 Å². The maximum atomic E-state index is 12.4. The molecule has 4 rings (SSSR count). The molecule has 0 aliphatic heterocycles. The number of nitrogens with zero attached hydrogens (tertiary/aromatic N) is 3. The van der Waals surface area contributed by atoms with Crippen LogP contribution in [0.1, 0.15) is 46.7 Å². The van der Waals surface area contributed by atoms with Crippen LogP contribution in [0.4, 0.5) is 0 Å². The van der Waals surface area contributed by atoms with Crippen molar-refractivity contribution in [1.29, 1.82) is 0 Å². The van der Waals surface area contributed by atoms with Gasteiger partial charge in [0.05, 0.1) is 6.54 Å². The van der Waals surface area contributed by atoms with E-state index in [1.807, 2.05) is 37.3 Å². The van der Waals surface area contributed by atoms with Gasteiger partial charge in [-0.1, -0.05) is 35.5 Å². The first-order chi connectivity index (χ1) is 11.7. The van der Waals surface area contributed by atoms with E-state index < -0.39 is 0 Å². The third kappa shape index (κ3) is 2.92. The molecule has 2 N–H and O–H groups in total. The number of carbonyl (C=O) groups is 1. The fraction of sp³-hybridized carbons (Fsp3) is 0.294. The molecule has 0 radical (unpaired) electrons. The number of rotatable bonds is 5. The summed E-state index contributed by atoms with van der Waals surface area (Å²) in [7, 11) is 0. The fourth-order valence-corrected chi connectivity index (χ4v) is 2.49. The van der Waals surface area contributed by atoms with Gasteiger partial charge in [-0.05, 0) is 19.8 Å². The molecule has 1 saturated carbocycles. The molecule has 0 bridgehead atoms. The quantitative estimate of drug-likeness (QED) is 0.752. The molecule has 0 saturated heterocycles. The average molecular weight is 323 g/mol. The molecule has 2 aromatic heterocycles. The van der Waals surface area contributed by atoms with Crippen molar-refractivity contribution < 1.29 is 9.32 Å². The number of benzene rings is 1. The second-order valence-corrected chi connectivity index (χ2v) is 5.93. The summed E-state index contributed by atoms with van der Waals surface area (Å²) in [5, 5.41) is 6.68. The molecular weight excluding hydrogens is 306 g/mol. The first-order valence-electron chi connectivity index (χ1n) is 7.93. The summed E-state index contributed by atoms with van der Waals surface area (Å²) >= 11 is 0. The van der Waals surface area contributed by atoms with E-state index in [0.717, 1.165) is 24.1 Å². The van der Waals surface area contributed by atoms with Crippen LogP contribution in [0.2, 0.25) is 0 Å². The summed E-state index contributed by atoms with van der Waals surface area (Å²) < 4.78 is 5.18. The van der Waals surface area contributed by atoms with Gasteiger partial charge in [0.2, 0.25) is 5.89 Å². The summed E-state index contributed by atoms with van der Waals surface area (Å²) in [6, 6.07) is 9.69. The van der Waals surface area contributed by atoms with Crippen LogP contribution in [0.25, 0.3) is 11.4 Å². The van der Waals surface area contributed by atoms with Gasteiger partial charge in [-0.2, -0.15) is 4.98 Å². The van der Waals surface area contributed by atoms with E-state index in [1.54, 1.807) is 0 Å². The van der Waals surface area contributed by atoms with Crippen LogP contribution in [0.5, 0.6) is 0 Å². The van der Waals surface area contributed by atoms with Crippen LogP contribution < -0.4 is 5.32 Å². The fourth-order valence-electron chi connectivity index (χ4n) is 2.49. The topological polar surface area (TPSA) is 96.7 Å². The second-order valence-electron chi connectivity index (χ2n) is 5.93. The number of amides is 1. The van der Waals surface area contributed by atoms with Crippen LogP contribution in [0, 0.1) is 6.92 Å². The zero-order chi connectivity index (χ0) is 16.5. The number of imidazole rings is 1. The number of aromatic nitrogens is 4. The molecule has 3 aromatic rings. The highest BCUT2D eigenvalue weighted by atomic mass is 16.5. The van der Waals surface area contributed by atoms with Gasteiger partial charge in [-0.15, -0.1) is 0 Å². The predicted octanol–water partition coefficient (Wildman–Crippen LogP) is 2.58. The highest BCUT2D eigenvalue weighted by Crippen LogP contribution is 2.38. The van der Waals surface area contributed by atoms with Gasteiger partial charge in [0.15, 0.2) is 5.82 Å². The predicted molar refractivity (Wildman–Crippen MR) is 86.2 cm³/mol. The molecular formula is C17H17N5O2. The zero-order valence-corrected chi connectivity index (χ0v) is 13.2. The van der Waals surface area contributed by atoms with Gasteiger partial charge >= 0.3 is 0 Å². The SMILES string of the molecule is Cc1[nH]c(-c2ccccc2)nc1C(=O)NCc1noc(C2CC2)n1. The van der Waals surface area contributed by atoms with Gasteiger partial charge in [-0.3, -0.25) is 4.79 Å². The van der Waals surface area contributed by atoms with Crippen LogP contribution in [0.15, 0.2) is 34.9 Å². The minimum Gasteiger partial charge on any atom is -0.343 e. The zero-order valence-electron chi connectivity index (χ0n) is 13.2. The van der Waals surface area contributed by atoms with Crippen molar-refractivity contribution in [3.8, 4) is 11.4 Å². The lowest BCUT2D eigenvalue weighted by Gasteiger charge is -1.99. The highest BCUT2D eigenvalue weighted by Gasteiger charge is 2.29. The Labute approximate surface area is 138 Å². The number of aryl methyl sites for hydroxylation is 1. The Bertz CT molecular complexity index is 864. The minimum atomic E-state index is -0.260. The Balaban J connectivity index is 1.45. The number of aromatic amines is 1. The van der Waals surface area contributed by atoms with Gasteiger partial charge in [0, 0.05) is 17.2 Å². The number of H-pyrrole nitrogens is 1. The Morgan fingerprint density at radius 2 is 2.08 bits per heavy atom. The van der Waals surface area contributed by atoms with Crippen LogP contribution >= 0.6 is 0 Å². The summed E-state index contributed by atoms with van der Waals surface area (Å²) in [5.74, 6) is 1.98. The summed E-state index contributed by atoms with van der Waals surface area (Å²) in [6.45, 7) is 2.05. The third-order valence-corrected chi connectivity index (χ3v) is 3.96. The first kappa shape index (κ1) is 14.6. The Morgan fingerprint density at radius 3 is 2.83 bits per heavy atom. The molecule has 7 nitrogen and oxygen atoms in total. The molecule has 7 heteroatoms. The molecule has 0 atom stereocenters. The molecule has 24 heavy (non-hydrogen) atoms. The normalized spacial score (nSPS) is 13.9. The number of hydrogen-bond acceptors (Lipinski definition) is 5. The smallest absolute Gasteiger partial charge is 0.272 e. The molecule has 1 fully saturated rings. The molecule has 0 spiro atoms. The number of hydrogen-bond donors (Lipinski definition) is 2. The highest BCUT2D eigenvalue weighted by molar-refractivity contribution is 5.94. The molecule has 1 amide bonds. The molecule has 1 aliphatic carbocycles. The van der Waals surface area contributed by atoms with Gasteiger partial charge in [0.25, 0.3) is 5.91 Å². The van der Waals surface area contributed by atoms with Crippen LogP contribution in [0.3, 0.4) is 0 Å². The number of nitrogens with one attached hydrogen (secondary N) is 2. The van der Waals surface area contributed by atoms with E-state index in [1.165, 1.54) is 0 Å². The van der Waals surface area contributed by atoms with E-state index in [0.29, 0.717) is 29.2 Å². The van der Waals surface area contributed by atoms with Crippen molar-refractivity contribution in [2.75, 3.05) is 0 Å². The standard InChI is InChI=1S/C17H17N5O2/c1-10-14(21-15(19-10)11-5-3-2-4-6-11)16(23)18-9-13-20-17(24-22-13)12-7-8-12/h2-6,12H,7-9H2,1H3,(H,18,23)(H,19,21). The second kappa shape index (κ2) is 5.92. The number of carbonyl (C=O) groups excluding carboxylic acids is 1. The van der Waals surface area contributed by atoms with Gasteiger partial charge < -0.3 is 14.8 Å². The maximum absolute atomic E-state index is 12.4. The molecule has 1 aromatic carbocycles. The van der Waals surface area contributed by atoms with E-state index >= 15 is 0 Å². The summed E-state index contributed by atoms with van der Waals surface area (Å²) in [5.41, 5.74) is 2.03. The van der Waals surface area contributed by atoms with Crippen LogP contribution in [-0.4, -0.2) is 26.0 Å². The average Bonchev–Trinajstić information content (AvgIpc) is 3.22. The lowest BCUT2D eigenvalue weighted by molar-refractivity contribution is 0.0944. The van der Waals surface area contributed by atoms with Crippen LogP contribution in [-0.2, 0) is 6.54 Å². The maximum Gasteiger partial charge on any atom is 0.272 e. The van der Waals surface area contributed by atoms with Gasteiger partial charge in [0.1, 0.15) is 11.5 Å². The van der Waals surface area contributed by atoms with Crippen molar-refractivity contribution in [2.45, 2.75) is 32.2 Å². The molecule has 122 valence electrons. The van der Waals surface area contributed by atoms with Crippen molar-refractivity contribution in [1.82, 2.24) is 25.4 Å². The monoisotopic (exact) mass is 323 g/mol. The Kier molecular flexibility index (Phi) is 3.60. The summed E-state index contributed by atoms with van der Waals surface area (Å²) in [4.78, 5) is 24.2. The van der Waals surface area contributed by atoms with Gasteiger partial charge in [-0.25, -0.2) is 4.98 Å². The van der Waals surface area contributed by atoms with Crippen molar-refractivity contribution in [2.24, 2.45) is 0 Å². The Hall–Kier alpha value is -2.96. The van der Waals surface area contributed by atoms with Crippen molar-refractivity contribution in [3.05, 3.63) is 53.4 Å². The first-order valence-corrected chi connectivity index (χ1v) is 7.93. The third-order valence-electron chi connectivity index (χ3n) is 3.96. The lowest BCUT2D eigenvalue weighted by atomic mass is 10.2. The Morgan fingerprint density at radius 1 is 1.29 bits per heavy atom. The van der Waals surface area contributed by atoms with Crippen molar-refractivity contribution in [3.63, 3.8) is 0 Å². The van der Waals surface area contributed by atoms with E-state index in [-0.39, 0.29) is 12.5 Å². The lowest BCUT2D eigenvalue weighted by Crippen LogP contribution is -2.24. The summed E-state index contributed by atoms with van der Waals surface area (Å²) in [6.07, 6.45) is 2.20. The van der Waals surface area contributed by atoms with Crippen molar-refractivity contribution >= 4 is 5.91 Å². The van der Waals surface area contributed by atoms with E-state index in [4.69, 9.17) is 4.52 Å².